The van der Waals surface area contributed by atoms with E-state index in [9.17, 15) is 35.1 Å². The van der Waals surface area contributed by atoms with Crippen molar-refractivity contribution in [2.24, 2.45) is 0 Å². The van der Waals surface area contributed by atoms with Gasteiger partial charge in [-0.25, -0.2) is 0 Å². The molecule has 0 aromatic heterocycles. The van der Waals surface area contributed by atoms with Gasteiger partial charge in [0.25, 0.3) is 0 Å². The molecule has 0 aliphatic carbocycles. The second kappa shape index (κ2) is 59.7. The first-order valence-corrected chi connectivity index (χ1v) is 35.1. The van der Waals surface area contributed by atoms with E-state index >= 15 is 0 Å². The van der Waals surface area contributed by atoms with Gasteiger partial charge in [-0.15, -0.1) is 0 Å². The van der Waals surface area contributed by atoms with Gasteiger partial charge in [0, 0.05) is 6.42 Å². The maximum Gasteiger partial charge on any atom is 0.306 e. The molecule has 1 heterocycles. The van der Waals surface area contributed by atoms with Gasteiger partial charge in [0.15, 0.2) is 12.4 Å². The third-order valence-electron chi connectivity index (χ3n) is 16.4. The summed E-state index contributed by atoms with van der Waals surface area (Å²) in [6, 6.07) is -1.03. The molecule has 0 aromatic carbocycles. The molecule has 83 heavy (non-hydrogen) atoms. The fourth-order valence-electron chi connectivity index (χ4n) is 10.8. The maximum atomic E-state index is 13.5. The van der Waals surface area contributed by atoms with Crippen molar-refractivity contribution in [1.29, 1.82) is 0 Å². The summed E-state index contributed by atoms with van der Waals surface area (Å²) in [7, 11) is 0. The third kappa shape index (κ3) is 47.2. The monoisotopic (exact) mass is 1170 g/mol. The number of aliphatic hydroxyl groups is 5. The van der Waals surface area contributed by atoms with Crippen LogP contribution in [0.15, 0.2) is 60.8 Å². The van der Waals surface area contributed by atoms with E-state index in [0.717, 1.165) is 83.5 Å². The molecule has 0 radical (unpaired) electrons. The molecule has 1 aliphatic rings. The third-order valence-corrected chi connectivity index (χ3v) is 16.4. The quantitative estimate of drug-likeness (QED) is 0.0195. The molecule has 484 valence electrons. The lowest BCUT2D eigenvalue weighted by Gasteiger charge is -2.41. The molecular weight excluding hydrogens is 1040 g/mol. The van der Waals surface area contributed by atoms with E-state index in [1.165, 1.54) is 193 Å². The SMILES string of the molecule is CCCCC/C=C\C/C=C\C/C=C\CCCCCCCCCCCCCCCC(O)C(=O)NC(COC1OC(CO)C(O)C(O)C1OC(=O)CCCCCCCCC/C=C\CCCCCC)C(O)/C=C/CCCCCCCCCCCCC. The maximum absolute atomic E-state index is 13.5. The number of ether oxygens (including phenoxy) is 3. The molecule has 0 bridgehead atoms. The molecule has 8 unspecified atom stereocenters. The summed E-state index contributed by atoms with van der Waals surface area (Å²) in [5, 5.41) is 57.2. The van der Waals surface area contributed by atoms with Crippen molar-refractivity contribution in [1.82, 2.24) is 5.32 Å². The summed E-state index contributed by atoms with van der Waals surface area (Å²) >= 11 is 0. The standard InChI is InChI=1S/C72H131NO10/c1-4-7-10-13-16-19-22-25-27-28-29-30-31-32-33-34-35-36-37-39-41-44-47-50-53-56-59-65(76)71(80)73-63(64(75)58-55-52-49-46-43-40-24-21-18-15-12-9-6-3)62-81-72-70(69(79)68(78)66(61-74)82-72)83-67(77)60-57-54-51-48-45-42-38-26-23-20-17-14-11-8-5-2/h16,19-20,23,25,27,29-30,55,58,63-66,68-70,72,74-76,78-79H,4-15,17-18,21-22,24,26,28,31-54,56-57,59-62H2,1-3H3,(H,73,80)/b19-16-,23-20-,27-25-,30-29-,58-55+. The van der Waals surface area contributed by atoms with Crippen molar-refractivity contribution in [2.45, 2.75) is 372 Å². The van der Waals surface area contributed by atoms with Crippen LogP contribution in [0.3, 0.4) is 0 Å². The predicted molar refractivity (Wildman–Crippen MR) is 347 cm³/mol. The van der Waals surface area contributed by atoms with Crippen LogP contribution in [0, 0.1) is 0 Å². The molecule has 6 N–H and O–H groups in total. The molecular formula is C72H131NO10. The zero-order valence-corrected chi connectivity index (χ0v) is 53.8. The smallest absolute Gasteiger partial charge is 0.306 e. The minimum Gasteiger partial charge on any atom is -0.454 e. The highest BCUT2D eigenvalue weighted by Crippen LogP contribution is 2.26. The van der Waals surface area contributed by atoms with Crippen molar-refractivity contribution in [2.75, 3.05) is 13.2 Å². The van der Waals surface area contributed by atoms with Crippen LogP contribution >= 0.6 is 0 Å². The lowest BCUT2D eigenvalue weighted by molar-refractivity contribution is -0.305. The van der Waals surface area contributed by atoms with Gasteiger partial charge in [0.1, 0.15) is 24.4 Å². The van der Waals surface area contributed by atoms with Gasteiger partial charge in [-0.3, -0.25) is 9.59 Å². The normalized spacial score (nSPS) is 18.9. The summed E-state index contributed by atoms with van der Waals surface area (Å²) in [4.78, 5) is 26.6. The Morgan fingerprint density at radius 2 is 0.831 bits per heavy atom. The van der Waals surface area contributed by atoms with Crippen molar-refractivity contribution < 1.29 is 49.3 Å². The zero-order chi connectivity index (χ0) is 60.3. The van der Waals surface area contributed by atoms with Crippen LogP contribution in [0.1, 0.15) is 323 Å². The number of hydrogen-bond donors (Lipinski definition) is 6. The second-order valence-corrected chi connectivity index (χ2v) is 24.3. The lowest BCUT2D eigenvalue weighted by Crippen LogP contribution is -2.61. The van der Waals surface area contributed by atoms with Crippen LogP contribution in [-0.2, 0) is 23.8 Å². The average Bonchev–Trinajstić information content (AvgIpc) is 3.55. The van der Waals surface area contributed by atoms with Gasteiger partial charge < -0.3 is 45.1 Å². The summed E-state index contributed by atoms with van der Waals surface area (Å²) in [5.74, 6) is -1.19. The van der Waals surface area contributed by atoms with Crippen molar-refractivity contribution in [3.8, 4) is 0 Å². The Morgan fingerprint density at radius 3 is 1.29 bits per heavy atom. The molecule has 0 aromatic rings. The number of rotatable bonds is 60. The van der Waals surface area contributed by atoms with Crippen LogP contribution in [0.4, 0.5) is 0 Å². The number of carbonyl (C=O) groups is 2. The molecule has 1 aliphatic heterocycles. The Hall–Kier alpha value is -2.64. The molecule has 0 spiro atoms. The van der Waals surface area contributed by atoms with E-state index in [2.05, 4.69) is 74.7 Å². The fraction of sp³-hybridized carbons (Fsp3) is 0.833. The highest BCUT2D eigenvalue weighted by Gasteiger charge is 2.47. The number of hydrogen-bond acceptors (Lipinski definition) is 10. The van der Waals surface area contributed by atoms with Gasteiger partial charge in [0.05, 0.1) is 25.4 Å². The van der Waals surface area contributed by atoms with Crippen LogP contribution in [-0.4, -0.2) is 99.6 Å². The van der Waals surface area contributed by atoms with Crippen LogP contribution in [0.2, 0.25) is 0 Å². The van der Waals surface area contributed by atoms with Gasteiger partial charge in [0.2, 0.25) is 5.91 Å². The summed E-state index contributed by atoms with van der Waals surface area (Å²) < 4.78 is 17.7. The van der Waals surface area contributed by atoms with E-state index in [4.69, 9.17) is 14.2 Å². The Balaban J connectivity index is 2.58. The minimum absolute atomic E-state index is 0.119. The summed E-state index contributed by atoms with van der Waals surface area (Å²) in [5.41, 5.74) is 0. The van der Waals surface area contributed by atoms with Gasteiger partial charge >= 0.3 is 5.97 Å². The lowest BCUT2D eigenvalue weighted by atomic mass is 9.99. The Morgan fingerprint density at radius 1 is 0.470 bits per heavy atom. The Bertz CT molecular complexity index is 1580. The first-order valence-electron chi connectivity index (χ1n) is 35.1. The molecule has 8 atom stereocenters. The highest BCUT2D eigenvalue weighted by molar-refractivity contribution is 5.80. The molecule has 1 fully saturated rings. The molecule has 11 nitrogen and oxygen atoms in total. The van der Waals surface area contributed by atoms with Crippen molar-refractivity contribution in [3.63, 3.8) is 0 Å². The van der Waals surface area contributed by atoms with Crippen LogP contribution in [0.5, 0.6) is 0 Å². The number of allylic oxidation sites excluding steroid dienone is 9. The number of esters is 1. The number of carbonyl (C=O) groups excluding carboxylic acids is 2. The van der Waals surface area contributed by atoms with Crippen LogP contribution in [0.25, 0.3) is 0 Å². The topological polar surface area (TPSA) is 175 Å². The van der Waals surface area contributed by atoms with Crippen molar-refractivity contribution >= 4 is 11.9 Å². The van der Waals surface area contributed by atoms with Gasteiger partial charge in [-0.2, -0.15) is 0 Å². The first-order chi connectivity index (χ1) is 40.7. The average molecular weight is 1170 g/mol. The highest BCUT2D eigenvalue weighted by atomic mass is 16.7. The fourth-order valence-corrected chi connectivity index (χ4v) is 10.8. The molecule has 0 saturated carbocycles. The molecule has 11 heteroatoms. The Kier molecular flexibility index (Phi) is 56.4. The molecule has 1 rings (SSSR count). The summed E-state index contributed by atoms with van der Waals surface area (Å²) in [6.07, 6.45) is 65.4. The predicted octanol–water partition coefficient (Wildman–Crippen LogP) is 17.7. The largest absolute Gasteiger partial charge is 0.454 e. The number of aliphatic hydroxyl groups excluding tert-OH is 5. The minimum atomic E-state index is -1.62. The van der Waals surface area contributed by atoms with E-state index in [1.807, 2.05) is 6.08 Å². The number of amides is 1. The first kappa shape index (κ1) is 78.4. The second-order valence-electron chi connectivity index (χ2n) is 24.3. The van der Waals surface area contributed by atoms with E-state index < -0.39 is 67.4 Å². The van der Waals surface area contributed by atoms with E-state index in [0.29, 0.717) is 19.3 Å². The van der Waals surface area contributed by atoms with E-state index in [1.54, 1.807) is 6.08 Å². The summed E-state index contributed by atoms with van der Waals surface area (Å²) in [6.45, 7) is 5.78. The van der Waals surface area contributed by atoms with Gasteiger partial charge in [-0.1, -0.05) is 287 Å². The number of nitrogens with one attached hydrogen (secondary N) is 1. The molecule has 1 saturated heterocycles. The zero-order valence-electron chi connectivity index (χ0n) is 53.8. The van der Waals surface area contributed by atoms with E-state index in [-0.39, 0.29) is 13.0 Å². The molecule has 1 amide bonds. The van der Waals surface area contributed by atoms with Crippen molar-refractivity contribution in [3.05, 3.63) is 60.8 Å². The number of unbranched alkanes of at least 4 members (excludes halogenated alkanes) is 38. The van der Waals surface area contributed by atoms with Crippen LogP contribution < -0.4 is 5.32 Å². The Labute approximate surface area is 509 Å². The van der Waals surface area contributed by atoms with Gasteiger partial charge in [-0.05, 0) is 89.9 Å².